The van der Waals surface area contributed by atoms with Crippen LogP contribution in [0.1, 0.15) is 226 Å². The molecule has 0 aliphatic heterocycles. The van der Waals surface area contributed by atoms with E-state index in [1.54, 1.807) is 0 Å². The van der Waals surface area contributed by atoms with Gasteiger partial charge in [-0.3, -0.25) is 14.4 Å². The Morgan fingerprint density at radius 3 is 1.44 bits per heavy atom. The normalized spacial score (nSPS) is 12.1. The zero-order valence-corrected chi connectivity index (χ0v) is 36.2. The molecule has 1 atom stereocenters. The van der Waals surface area contributed by atoms with E-state index in [-0.39, 0.29) is 36.5 Å². The van der Waals surface area contributed by atoms with E-state index in [1.807, 2.05) is 0 Å². The minimum atomic E-state index is -0.164. The summed E-state index contributed by atoms with van der Waals surface area (Å²) in [6.07, 6.45) is 35.3. The number of esters is 3. The second kappa shape index (κ2) is 41.0. The lowest BCUT2D eigenvalue weighted by atomic mass is 10.0. The minimum absolute atomic E-state index is 0.0137. The summed E-state index contributed by atoms with van der Waals surface area (Å²) in [6.45, 7) is 10.1. The summed E-state index contributed by atoms with van der Waals surface area (Å²) in [4.78, 5) is 38.5. The molecule has 0 saturated carbocycles. The highest BCUT2D eigenvalue weighted by molar-refractivity contribution is 5.72. The molecule has 0 aliphatic rings. The van der Waals surface area contributed by atoms with Crippen molar-refractivity contribution in [3.8, 4) is 0 Å². The van der Waals surface area contributed by atoms with E-state index >= 15 is 0 Å². The number of carbonyl (C=O) groups excluding carboxylic acids is 3. The Bertz CT molecular complexity index is 822. The number of aliphatic hydroxyl groups is 1. The van der Waals surface area contributed by atoms with E-state index < -0.39 is 0 Å². The Morgan fingerprint density at radius 2 is 0.944 bits per heavy atom. The van der Waals surface area contributed by atoms with Crippen LogP contribution in [0.4, 0.5) is 0 Å². The molecule has 0 fully saturated rings. The first-order valence-corrected chi connectivity index (χ1v) is 23.1. The van der Waals surface area contributed by atoms with Crippen molar-refractivity contribution in [2.45, 2.75) is 232 Å². The molecule has 0 radical (unpaired) electrons. The van der Waals surface area contributed by atoms with Gasteiger partial charge in [0.25, 0.3) is 0 Å². The van der Waals surface area contributed by atoms with Gasteiger partial charge in [-0.15, -0.1) is 0 Å². The van der Waals surface area contributed by atoms with Crippen LogP contribution < -0.4 is 0 Å². The maximum Gasteiger partial charge on any atom is 0.308 e. The van der Waals surface area contributed by atoms with Gasteiger partial charge in [-0.05, 0) is 77.3 Å². The number of nitrogens with zero attached hydrogens (tertiary/aromatic N) is 1. The van der Waals surface area contributed by atoms with Gasteiger partial charge < -0.3 is 24.2 Å². The van der Waals surface area contributed by atoms with Gasteiger partial charge in [-0.25, -0.2) is 0 Å². The average molecular weight is 768 g/mol. The minimum Gasteiger partial charge on any atom is -0.469 e. The van der Waals surface area contributed by atoms with Gasteiger partial charge in [0, 0.05) is 19.4 Å². The fourth-order valence-electron chi connectivity index (χ4n) is 7.16. The summed E-state index contributed by atoms with van der Waals surface area (Å²) in [5.74, 6) is -0.270. The highest BCUT2D eigenvalue weighted by Gasteiger charge is 2.19. The third kappa shape index (κ3) is 36.0. The van der Waals surface area contributed by atoms with Crippen molar-refractivity contribution in [1.82, 2.24) is 4.90 Å². The van der Waals surface area contributed by atoms with Crippen molar-refractivity contribution in [3.05, 3.63) is 0 Å². The van der Waals surface area contributed by atoms with Crippen LogP contribution in [-0.2, 0) is 28.6 Å². The van der Waals surface area contributed by atoms with Gasteiger partial charge in [0.15, 0.2) is 0 Å². The summed E-state index contributed by atoms with van der Waals surface area (Å²) in [6, 6.07) is 0. The van der Waals surface area contributed by atoms with Crippen LogP contribution in [0.15, 0.2) is 0 Å². The molecule has 0 bridgehead atoms. The number of ether oxygens (including phenoxy) is 3. The Morgan fingerprint density at radius 1 is 0.519 bits per heavy atom. The molecule has 8 heteroatoms. The van der Waals surface area contributed by atoms with Crippen LogP contribution in [0.2, 0.25) is 0 Å². The molecule has 0 heterocycles. The van der Waals surface area contributed by atoms with Crippen molar-refractivity contribution >= 4 is 17.9 Å². The van der Waals surface area contributed by atoms with E-state index in [0.717, 1.165) is 116 Å². The van der Waals surface area contributed by atoms with Crippen molar-refractivity contribution < 1.29 is 33.7 Å². The van der Waals surface area contributed by atoms with Gasteiger partial charge in [0.1, 0.15) is 6.10 Å². The molecular weight excluding hydrogens is 679 g/mol. The predicted molar refractivity (Wildman–Crippen MR) is 225 cm³/mol. The van der Waals surface area contributed by atoms with Crippen molar-refractivity contribution in [3.63, 3.8) is 0 Å². The topological polar surface area (TPSA) is 102 Å². The monoisotopic (exact) mass is 768 g/mol. The third-order valence-corrected chi connectivity index (χ3v) is 10.8. The molecule has 8 nitrogen and oxygen atoms in total. The van der Waals surface area contributed by atoms with Crippen LogP contribution >= 0.6 is 0 Å². The number of aliphatic hydroxyl groups excluding tert-OH is 1. The van der Waals surface area contributed by atoms with Crippen molar-refractivity contribution in [1.29, 1.82) is 0 Å². The predicted octanol–water partition coefficient (Wildman–Crippen LogP) is 12.1. The second-order valence-corrected chi connectivity index (χ2v) is 16.0. The number of carbonyl (C=O) groups is 3. The van der Waals surface area contributed by atoms with Gasteiger partial charge >= 0.3 is 17.9 Å². The molecule has 0 aromatic heterocycles. The Kier molecular flexibility index (Phi) is 39.7. The second-order valence-electron chi connectivity index (χ2n) is 16.0. The molecule has 0 spiro atoms. The SMILES string of the molecule is CCCCCCCCC(CCCCCCCC)OC(=O)C(C)CCCCCCN(CCO)CCCCCCCCCC(=O)OCCCCCCC(=O)OC. The van der Waals surface area contributed by atoms with Crippen molar-refractivity contribution in [2.24, 2.45) is 5.92 Å². The molecule has 0 amide bonds. The van der Waals surface area contributed by atoms with Crippen LogP contribution in [0.3, 0.4) is 0 Å². The Hall–Kier alpha value is -1.67. The lowest BCUT2D eigenvalue weighted by molar-refractivity contribution is -0.154. The molecule has 0 aromatic rings. The molecular formula is C46H89NO7. The summed E-state index contributed by atoms with van der Waals surface area (Å²) >= 11 is 0. The molecule has 1 N–H and O–H groups in total. The van der Waals surface area contributed by atoms with Crippen LogP contribution in [-0.4, -0.2) is 74.0 Å². The number of methoxy groups -OCH3 is 1. The molecule has 0 rings (SSSR count). The average Bonchev–Trinajstić information content (AvgIpc) is 3.17. The van der Waals surface area contributed by atoms with E-state index in [0.29, 0.717) is 19.4 Å². The van der Waals surface area contributed by atoms with Gasteiger partial charge in [0.05, 0.1) is 26.2 Å². The molecule has 320 valence electrons. The molecule has 0 aromatic carbocycles. The number of hydrogen-bond acceptors (Lipinski definition) is 8. The number of hydrogen-bond donors (Lipinski definition) is 1. The van der Waals surface area contributed by atoms with Gasteiger partial charge in [-0.2, -0.15) is 0 Å². The summed E-state index contributed by atoms with van der Waals surface area (Å²) in [5.41, 5.74) is 0. The van der Waals surface area contributed by atoms with E-state index in [9.17, 15) is 19.5 Å². The molecule has 1 unspecified atom stereocenters. The first kappa shape index (κ1) is 52.3. The van der Waals surface area contributed by atoms with E-state index in [4.69, 9.17) is 9.47 Å². The molecule has 0 saturated heterocycles. The van der Waals surface area contributed by atoms with Gasteiger partial charge in [0.2, 0.25) is 0 Å². The lowest BCUT2D eigenvalue weighted by Gasteiger charge is -2.21. The maximum atomic E-state index is 13.0. The molecule has 54 heavy (non-hydrogen) atoms. The van der Waals surface area contributed by atoms with Crippen LogP contribution in [0.5, 0.6) is 0 Å². The standard InChI is InChI=1S/C46H89NO7/c1-5-7-9-11-16-25-33-43(34-26-17-12-10-8-6-2)54-46(51)42(3)32-24-19-22-30-38-47(39-40-48)37-29-21-15-13-14-18-28-36-45(50)53-41-31-23-20-27-35-44(49)52-4/h42-43,48H,5-41H2,1-4H3. The lowest BCUT2D eigenvalue weighted by Crippen LogP contribution is -2.29. The Balaban J connectivity index is 4.00. The number of unbranched alkanes of at least 4 members (excludes halogenated alkanes) is 22. The fraction of sp³-hybridized carbons (Fsp3) is 0.935. The molecule has 0 aliphatic carbocycles. The summed E-state index contributed by atoms with van der Waals surface area (Å²) < 4.78 is 16.1. The van der Waals surface area contributed by atoms with E-state index in [2.05, 4.69) is 30.4 Å². The fourth-order valence-corrected chi connectivity index (χ4v) is 7.16. The maximum absolute atomic E-state index is 13.0. The highest BCUT2D eigenvalue weighted by atomic mass is 16.5. The van der Waals surface area contributed by atoms with Crippen LogP contribution in [0, 0.1) is 5.92 Å². The van der Waals surface area contributed by atoms with Crippen LogP contribution in [0.25, 0.3) is 0 Å². The van der Waals surface area contributed by atoms with Gasteiger partial charge in [-0.1, -0.05) is 149 Å². The summed E-state index contributed by atoms with van der Waals surface area (Å²) in [7, 11) is 1.41. The zero-order valence-electron chi connectivity index (χ0n) is 36.2. The third-order valence-electron chi connectivity index (χ3n) is 10.8. The quantitative estimate of drug-likeness (QED) is 0.0372. The number of rotatable bonds is 42. The first-order chi connectivity index (χ1) is 26.4. The largest absolute Gasteiger partial charge is 0.469 e. The van der Waals surface area contributed by atoms with E-state index in [1.165, 1.54) is 103 Å². The van der Waals surface area contributed by atoms with Crippen molar-refractivity contribution in [2.75, 3.05) is 40.0 Å². The first-order valence-electron chi connectivity index (χ1n) is 23.1. The Labute approximate surface area is 334 Å². The summed E-state index contributed by atoms with van der Waals surface area (Å²) in [5, 5.41) is 9.58. The smallest absolute Gasteiger partial charge is 0.308 e. The zero-order chi connectivity index (χ0) is 39.7. The highest BCUT2D eigenvalue weighted by Crippen LogP contribution is 2.20.